The van der Waals surface area contributed by atoms with Gasteiger partial charge in [-0.3, -0.25) is 4.99 Å². The van der Waals surface area contributed by atoms with Gasteiger partial charge in [-0.25, -0.2) is 8.42 Å². The fourth-order valence-electron chi connectivity index (χ4n) is 2.25. The van der Waals surface area contributed by atoms with Crippen molar-refractivity contribution < 1.29 is 13.2 Å². The Morgan fingerprint density at radius 2 is 1.81 bits per heavy atom. The van der Waals surface area contributed by atoms with Gasteiger partial charge in [0.2, 0.25) is 0 Å². The summed E-state index contributed by atoms with van der Waals surface area (Å²) in [6.45, 7) is 11.4. The lowest BCUT2D eigenvalue weighted by atomic mass is 10.2. The quantitative estimate of drug-likeness (QED) is 0.552. The van der Waals surface area contributed by atoms with E-state index in [1.54, 1.807) is 20.8 Å². The molecule has 1 N–H and O–H groups in total. The fourth-order valence-corrected chi connectivity index (χ4v) is 3.20. The first kappa shape index (κ1) is 22.3. The molecule has 0 heterocycles. The first-order valence-electron chi connectivity index (χ1n) is 9.04. The maximum atomic E-state index is 12.2. The molecule has 1 rings (SSSR count). The van der Waals surface area contributed by atoms with Crippen LogP contribution < -0.4 is 10.1 Å². The summed E-state index contributed by atoms with van der Waals surface area (Å²) in [6.07, 6.45) is 0. The molecule has 26 heavy (non-hydrogen) atoms. The molecule has 6 nitrogen and oxygen atoms in total. The van der Waals surface area contributed by atoms with Gasteiger partial charge in [-0.2, -0.15) is 0 Å². The highest BCUT2D eigenvalue weighted by Crippen LogP contribution is 2.16. The average Bonchev–Trinajstić information content (AvgIpc) is 2.55. The van der Waals surface area contributed by atoms with E-state index in [4.69, 9.17) is 4.74 Å². The highest BCUT2D eigenvalue weighted by atomic mass is 32.2. The van der Waals surface area contributed by atoms with E-state index >= 15 is 0 Å². The number of nitrogens with one attached hydrogen (secondary N) is 1. The summed E-state index contributed by atoms with van der Waals surface area (Å²) in [5, 5.41) is 3.22. The van der Waals surface area contributed by atoms with Crippen LogP contribution in [-0.2, 0) is 16.4 Å². The second-order valence-electron chi connectivity index (χ2n) is 7.10. The van der Waals surface area contributed by atoms with Gasteiger partial charge < -0.3 is 15.0 Å². The molecule has 1 aromatic carbocycles. The monoisotopic (exact) mass is 383 g/mol. The van der Waals surface area contributed by atoms with Gasteiger partial charge >= 0.3 is 0 Å². The molecule has 0 aliphatic rings. The molecule has 0 aliphatic heterocycles. The van der Waals surface area contributed by atoms with Gasteiger partial charge in [-0.1, -0.05) is 12.1 Å². The average molecular weight is 384 g/mol. The Labute approximate surface area is 158 Å². The molecule has 0 unspecified atom stereocenters. The van der Waals surface area contributed by atoms with Crippen molar-refractivity contribution in [3.05, 3.63) is 29.8 Å². The molecule has 0 aromatic heterocycles. The van der Waals surface area contributed by atoms with Crippen molar-refractivity contribution in [2.24, 2.45) is 4.99 Å². The molecule has 7 heteroatoms. The van der Waals surface area contributed by atoms with Crippen molar-refractivity contribution >= 4 is 15.8 Å². The summed E-state index contributed by atoms with van der Waals surface area (Å²) in [5.41, 5.74) is 1.13. The number of nitrogens with zero attached hydrogens (tertiary/aromatic N) is 2. The number of hydrogen-bond donors (Lipinski definition) is 1. The van der Waals surface area contributed by atoms with E-state index in [0.717, 1.165) is 17.9 Å². The van der Waals surface area contributed by atoms with Crippen molar-refractivity contribution in [1.29, 1.82) is 0 Å². The number of ether oxygens (including phenoxy) is 1. The lowest BCUT2D eigenvalue weighted by Gasteiger charge is -2.23. The Hall–Kier alpha value is -1.76. The smallest absolute Gasteiger partial charge is 0.193 e. The van der Waals surface area contributed by atoms with E-state index in [2.05, 4.69) is 10.3 Å². The summed E-state index contributed by atoms with van der Waals surface area (Å²) < 4.78 is 29.1. The first-order chi connectivity index (χ1) is 12.1. The minimum Gasteiger partial charge on any atom is -0.494 e. The third kappa shape index (κ3) is 6.86. The van der Waals surface area contributed by atoms with Crippen LogP contribution >= 0.6 is 0 Å². The SMILES string of the molecule is CCNC(=NCCS(=O)(=O)C(C)(C)C)N(C)Cc1ccc(OCC)cc1. The lowest BCUT2D eigenvalue weighted by molar-refractivity contribution is 0.340. The van der Waals surface area contributed by atoms with Crippen LogP contribution in [0.15, 0.2) is 29.3 Å². The zero-order valence-electron chi connectivity index (χ0n) is 16.9. The maximum Gasteiger partial charge on any atom is 0.193 e. The summed E-state index contributed by atoms with van der Waals surface area (Å²) in [6, 6.07) is 7.95. The van der Waals surface area contributed by atoms with Gasteiger partial charge in [0.25, 0.3) is 0 Å². The van der Waals surface area contributed by atoms with Crippen LogP contribution in [-0.4, -0.2) is 56.5 Å². The van der Waals surface area contributed by atoms with E-state index in [1.807, 2.05) is 50.1 Å². The lowest BCUT2D eigenvalue weighted by Crippen LogP contribution is -2.39. The predicted molar refractivity (Wildman–Crippen MR) is 109 cm³/mol. The number of guanidine groups is 1. The molecule has 148 valence electrons. The second kappa shape index (κ2) is 9.80. The summed E-state index contributed by atoms with van der Waals surface area (Å²) >= 11 is 0. The molecular weight excluding hydrogens is 350 g/mol. The van der Waals surface area contributed by atoms with Crippen LogP contribution in [0.1, 0.15) is 40.2 Å². The van der Waals surface area contributed by atoms with Crippen LogP contribution in [0.3, 0.4) is 0 Å². The molecule has 0 atom stereocenters. The molecular formula is C19H33N3O3S. The maximum absolute atomic E-state index is 12.2. The Morgan fingerprint density at radius 3 is 2.31 bits per heavy atom. The standard InChI is InChI=1S/C19H33N3O3S/c1-7-20-18(21-13-14-26(23,24)19(3,4)5)22(6)15-16-9-11-17(12-10-16)25-8-2/h9-12H,7-8,13-15H2,1-6H3,(H,20,21). The van der Waals surface area contributed by atoms with Crippen molar-refractivity contribution in [1.82, 2.24) is 10.2 Å². The van der Waals surface area contributed by atoms with Crippen LogP contribution in [0, 0.1) is 0 Å². The fraction of sp³-hybridized carbons (Fsp3) is 0.632. The van der Waals surface area contributed by atoms with E-state index in [1.165, 1.54) is 0 Å². The summed E-state index contributed by atoms with van der Waals surface area (Å²) in [4.78, 5) is 6.47. The zero-order valence-corrected chi connectivity index (χ0v) is 17.7. The normalized spacial score (nSPS) is 12.8. The Kier molecular flexibility index (Phi) is 8.40. The van der Waals surface area contributed by atoms with Crippen LogP contribution in [0.25, 0.3) is 0 Å². The highest BCUT2D eigenvalue weighted by molar-refractivity contribution is 7.92. The third-order valence-corrected chi connectivity index (χ3v) is 6.49. The second-order valence-corrected chi connectivity index (χ2v) is 9.96. The predicted octanol–water partition coefficient (Wildman–Crippen LogP) is 2.70. The molecule has 0 amide bonds. The highest BCUT2D eigenvalue weighted by Gasteiger charge is 2.28. The summed E-state index contributed by atoms with van der Waals surface area (Å²) in [7, 11) is -1.23. The van der Waals surface area contributed by atoms with Gasteiger partial charge in [0.05, 0.1) is 23.7 Å². The Bertz CT molecular complexity index is 677. The molecule has 0 radical (unpaired) electrons. The van der Waals surface area contributed by atoms with Crippen molar-refractivity contribution in [2.75, 3.05) is 32.5 Å². The molecule has 0 bridgehead atoms. The third-order valence-electron chi connectivity index (χ3n) is 3.91. The first-order valence-corrected chi connectivity index (χ1v) is 10.7. The van der Waals surface area contributed by atoms with Crippen LogP contribution in [0.5, 0.6) is 5.75 Å². The van der Waals surface area contributed by atoms with Gasteiger partial charge in [-0.15, -0.1) is 0 Å². The molecule has 0 saturated carbocycles. The number of benzene rings is 1. The number of aliphatic imine (C=N–C) groups is 1. The van der Waals surface area contributed by atoms with Crippen molar-refractivity contribution in [3.8, 4) is 5.75 Å². The van der Waals surface area contributed by atoms with Crippen LogP contribution in [0.4, 0.5) is 0 Å². The van der Waals surface area contributed by atoms with E-state index < -0.39 is 14.6 Å². The Balaban J connectivity index is 2.75. The minimum absolute atomic E-state index is 0.0439. The molecule has 0 aliphatic carbocycles. The molecule has 0 saturated heterocycles. The van der Waals surface area contributed by atoms with Gasteiger partial charge in [0.1, 0.15) is 5.75 Å². The number of sulfone groups is 1. The molecule has 1 aromatic rings. The minimum atomic E-state index is -3.17. The van der Waals surface area contributed by atoms with E-state index in [9.17, 15) is 8.42 Å². The zero-order chi connectivity index (χ0) is 19.8. The van der Waals surface area contributed by atoms with E-state index in [-0.39, 0.29) is 12.3 Å². The van der Waals surface area contributed by atoms with Gasteiger partial charge in [-0.05, 0) is 52.3 Å². The van der Waals surface area contributed by atoms with Crippen molar-refractivity contribution in [3.63, 3.8) is 0 Å². The Morgan fingerprint density at radius 1 is 1.19 bits per heavy atom. The molecule has 0 fully saturated rings. The topological polar surface area (TPSA) is 71.0 Å². The number of hydrogen-bond acceptors (Lipinski definition) is 4. The number of rotatable bonds is 8. The summed E-state index contributed by atoms with van der Waals surface area (Å²) in [5.74, 6) is 1.60. The van der Waals surface area contributed by atoms with E-state index in [0.29, 0.717) is 19.1 Å². The largest absolute Gasteiger partial charge is 0.494 e. The van der Waals surface area contributed by atoms with Crippen molar-refractivity contribution in [2.45, 2.75) is 45.9 Å². The van der Waals surface area contributed by atoms with Gasteiger partial charge in [0, 0.05) is 20.1 Å². The van der Waals surface area contributed by atoms with Crippen LogP contribution in [0.2, 0.25) is 0 Å². The molecule has 0 spiro atoms. The van der Waals surface area contributed by atoms with Gasteiger partial charge in [0.15, 0.2) is 15.8 Å².